The summed E-state index contributed by atoms with van der Waals surface area (Å²) in [5.41, 5.74) is 6.68. The molecule has 2 N–H and O–H groups in total. The Morgan fingerprint density at radius 1 is 1.12 bits per heavy atom. The van der Waals surface area contributed by atoms with Gasteiger partial charge in [0.15, 0.2) is 5.75 Å². The van der Waals surface area contributed by atoms with Crippen molar-refractivity contribution in [1.29, 1.82) is 0 Å². The minimum atomic E-state index is -4.78. The molecule has 128 valence electrons. The highest BCUT2D eigenvalue weighted by atomic mass is 19.4. The number of nitro benzene ring substituents is 1. The average molecular weight is 342 g/mol. The summed E-state index contributed by atoms with van der Waals surface area (Å²) in [6.45, 7) is 0. The molecule has 2 aromatic carbocycles. The lowest BCUT2D eigenvalue weighted by atomic mass is 9.99. The van der Waals surface area contributed by atoms with E-state index in [1.165, 1.54) is 31.4 Å². The summed E-state index contributed by atoms with van der Waals surface area (Å²) in [6.07, 6.45) is -4.78. The molecule has 2 aromatic rings. The van der Waals surface area contributed by atoms with E-state index in [0.29, 0.717) is 11.1 Å². The van der Waals surface area contributed by atoms with Crippen LogP contribution in [-0.4, -0.2) is 18.4 Å². The van der Waals surface area contributed by atoms with Crippen molar-refractivity contribution in [2.45, 2.75) is 12.4 Å². The van der Waals surface area contributed by atoms with E-state index >= 15 is 0 Å². The zero-order chi connectivity index (χ0) is 17.9. The molecule has 0 aliphatic heterocycles. The van der Waals surface area contributed by atoms with Crippen LogP contribution in [0.25, 0.3) is 0 Å². The van der Waals surface area contributed by atoms with E-state index in [1.807, 2.05) is 0 Å². The van der Waals surface area contributed by atoms with Gasteiger partial charge in [-0.05, 0) is 29.3 Å². The molecule has 0 fully saturated rings. The van der Waals surface area contributed by atoms with E-state index in [2.05, 4.69) is 4.74 Å². The van der Waals surface area contributed by atoms with Crippen LogP contribution in [0.5, 0.6) is 11.5 Å². The zero-order valence-corrected chi connectivity index (χ0v) is 12.4. The fourth-order valence-electron chi connectivity index (χ4n) is 2.11. The Labute approximate surface area is 134 Å². The number of nitro groups is 1. The largest absolute Gasteiger partial charge is 0.573 e. The summed E-state index contributed by atoms with van der Waals surface area (Å²) in [7, 11) is 1.31. The molecule has 24 heavy (non-hydrogen) atoms. The lowest BCUT2D eigenvalue weighted by Crippen LogP contribution is -2.17. The Balaban J connectivity index is 2.27. The molecule has 6 nitrogen and oxygen atoms in total. The van der Waals surface area contributed by atoms with Gasteiger partial charge in [-0.25, -0.2) is 0 Å². The van der Waals surface area contributed by atoms with Gasteiger partial charge in [0.1, 0.15) is 5.75 Å². The van der Waals surface area contributed by atoms with Gasteiger partial charge in [-0.3, -0.25) is 10.1 Å². The monoisotopic (exact) mass is 342 g/mol. The molecule has 0 saturated heterocycles. The van der Waals surface area contributed by atoms with Crippen molar-refractivity contribution in [1.82, 2.24) is 0 Å². The molecule has 0 spiro atoms. The first-order chi connectivity index (χ1) is 11.2. The molecule has 0 heterocycles. The third kappa shape index (κ3) is 4.13. The quantitative estimate of drug-likeness (QED) is 0.663. The highest BCUT2D eigenvalue weighted by Gasteiger charge is 2.31. The number of hydrogen-bond donors (Lipinski definition) is 1. The molecule has 9 heteroatoms. The van der Waals surface area contributed by atoms with Crippen LogP contribution in [-0.2, 0) is 0 Å². The maximum absolute atomic E-state index is 12.1. The molecule has 0 saturated carbocycles. The third-order valence-electron chi connectivity index (χ3n) is 3.23. The van der Waals surface area contributed by atoms with Crippen molar-refractivity contribution in [2.75, 3.05) is 7.11 Å². The Morgan fingerprint density at radius 3 is 2.21 bits per heavy atom. The number of ether oxygens (including phenoxy) is 2. The predicted octanol–water partition coefficient (Wildman–Crippen LogP) is 3.55. The molecule has 0 aromatic heterocycles. The minimum Gasteiger partial charge on any atom is -0.490 e. The first-order valence-electron chi connectivity index (χ1n) is 6.65. The normalized spacial score (nSPS) is 12.5. The van der Waals surface area contributed by atoms with Crippen LogP contribution in [0.15, 0.2) is 42.5 Å². The van der Waals surface area contributed by atoms with Crippen molar-refractivity contribution in [3.8, 4) is 11.5 Å². The molecule has 0 unspecified atom stereocenters. The molecule has 0 aliphatic carbocycles. The second-order valence-electron chi connectivity index (χ2n) is 4.78. The molecular weight excluding hydrogens is 329 g/mol. The Hall–Kier alpha value is -2.81. The van der Waals surface area contributed by atoms with Gasteiger partial charge in [-0.2, -0.15) is 0 Å². The van der Waals surface area contributed by atoms with E-state index in [4.69, 9.17) is 10.5 Å². The Morgan fingerprint density at radius 2 is 1.71 bits per heavy atom. The highest BCUT2D eigenvalue weighted by molar-refractivity contribution is 5.50. The summed E-state index contributed by atoms with van der Waals surface area (Å²) in [5, 5.41) is 11.0. The number of hydrogen-bond acceptors (Lipinski definition) is 5. The zero-order valence-electron chi connectivity index (χ0n) is 12.4. The van der Waals surface area contributed by atoms with Gasteiger partial charge < -0.3 is 15.2 Å². The van der Waals surface area contributed by atoms with Crippen LogP contribution < -0.4 is 15.2 Å². The summed E-state index contributed by atoms with van der Waals surface area (Å²) in [5.74, 6) is -0.288. The molecule has 1 atom stereocenters. The third-order valence-corrected chi connectivity index (χ3v) is 3.23. The van der Waals surface area contributed by atoms with Crippen molar-refractivity contribution in [3.63, 3.8) is 0 Å². The van der Waals surface area contributed by atoms with Gasteiger partial charge in [0.25, 0.3) is 0 Å². The van der Waals surface area contributed by atoms with Crippen LogP contribution in [0, 0.1) is 10.1 Å². The van der Waals surface area contributed by atoms with Crippen LogP contribution in [0.3, 0.4) is 0 Å². The lowest BCUT2D eigenvalue weighted by molar-refractivity contribution is -0.385. The fourth-order valence-corrected chi connectivity index (χ4v) is 2.11. The number of rotatable bonds is 5. The van der Waals surface area contributed by atoms with E-state index in [9.17, 15) is 23.3 Å². The van der Waals surface area contributed by atoms with Crippen LogP contribution in [0.2, 0.25) is 0 Å². The highest BCUT2D eigenvalue weighted by Crippen LogP contribution is 2.32. The van der Waals surface area contributed by atoms with Gasteiger partial charge in [0, 0.05) is 6.07 Å². The number of alkyl halides is 3. The van der Waals surface area contributed by atoms with Crippen molar-refractivity contribution in [2.24, 2.45) is 5.73 Å². The first-order valence-corrected chi connectivity index (χ1v) is 6.65. The number of benzene rings is 2. The summed E-state index contributed by atoms with van der Waals surface area (Å²) >= 11 is 0. The van der Waals surface area contributed by atoms with Crippen LogP contribution in [0.1, 0.15) is 17.2 Å². The van der Waals surface area contributed by atoms with E-state index in [1.54, 1.807) is 6.07 Å². The molecule has 0 aliphatic rings. The Kier molecular flexibility index (Phi) is 4.93. The van der Waals surface area contributed by atoms with Crippen molar-refractivity contribution < 1.29 is 27.6 Å². The summed E-state index contributed by atoms with van der Waals surface area (Å²) in [4.78, 5) is 10.4. The van der Waals surface area contributed by atoms with Gasteiger partial charge in [-0.15, -0.1) is 13.2 Å². The molecule has 0 radical (unpaired) electrons. The smallest absolute Gasteiger partial charge is 0.490 e. The molecule has 0 bridgehead atoms. The molecular formula is C15H13F3N2O4. The van der Waals surface area contributed by atoms with Gasteiger partial charge in [0.05, 0.1) is 18.1 Å². The topological polar surface area (TPSA) is 87.6 Å². The molecule has 0 amide bonds. The number of methoxy groups -OCH3 is 1. The number of halogens is 3. The maximum Gasteiger partial charge on any atom is 0.573 e. The fraction of sp³-hybridized carbons (Fsp3) is 0.200. The van der Waals surface area contributed by atoms with Gasteiger partial charge >= 0.3 is 12.0 Å². The van der Waals surface area contributed by atoms with E-state index in [0.717, 1.165) is 12.1 Å². The second-order valence-corrected chi connectivity index (χ2v) is 4.78. The number of nitrogens with two attached hydrogens (primary N) is 1. The summed E-state index contributed by atoms with van der Waals surface area (Å²) in [6, 6.07) is 8.45. The second kappa shape index (κ2) is 6.75. The standard InChI is InChI=1S/C15H13F3N2O4/c1-23-13-7-4-10(8-12(13)20(21)22)14(19)9-2-5-11(6-3-9)24-15(16,17)18/h2-8,14H,19H2,1H3/t14-/m1/s1. The van der Waals surface area contributed by atoms with Crippen molar-refractivity contribution >= 4 is 5.69 Å². The molecule has 2 rings (SSSR count). The maximum atomic E-state index is 12.1. The van der Waals surface area contributed by atoms with Crippen LogP contribution in [0.4, 0.5) is 18.9 Å². The van der Waals surface area contributed by atoms with Gasteiger partial charge in [0.2, 0.25) is 0 Å². The average Bonchev–Trinajstić information content (AvgIpc) is 2.52. The SMILES string of the molecule is COc1ccc([C@H](N)c2ccc(OC(F)(F)F)cc2)cc1[N+](=O)[O-]. The van der Waals surface area contributed by atoms with Crippen molar-refractivity contribution in [3.05, 3.63) is 63.7 Å². The van der Waals surface area contributed by atoms with Crippen LogP contribution >= 0.6 is 0 Å². The van der Waals surface area contributed by atoms with Gasteiger partial charge in [-0.1, -0.05) is 18.2 Å². The van der Waals surface area contributed by atoms with E-state index in [-0.39, 0.29) is 17.2 Å². The lowest BCUT2D eigenvalue weighted by Gasteiger charge is -2.14. The number of nitrogens with zero attached hydrogens (tertiary/aromatic N) is 1. The predicted molar refractivity (Wildman–Crippen MR) is 78.8 cm³/mol. The summed E-state index contributed by atoms with van der Waals surface area (Å²) < 4.78 is 45.1. The van der Waals surface area contributed by atoms with E-state index < -0.39 is 17.3 Å². The Bertz CT molecular complexity index is 732. The first kappa shape index (κ1) is 17.5. The minimum absolute atomic E-state index is 0.0878.